The van der Waals surface area contributed by atoms with Crippen LogP contribution in [0.4, 0.5) is 22.8 Å². The van der Waals surface area contributed by atoms with Gasteiger partial charge in [-0.15, -0.1) is 0 Å². The maximum absolute atomic E-state index is 12.6. The Morgan fingerprint density at radius 1 is 0.541 bits per heavy atom. The highest BCUT2D eigenvalue weighted by Gasteiger charge is 2.29. The largest absolute Gasteiger partial charge is 0.542 e. The number of aromatic carboxylic acids is 1. The summed E-state index contributed by atoms with van der Waals surface area (Å²) in [5, 5.41) is 37.0. The Kier molecular flexibility index (Phi) is 29.3. The third-order valence-electron chi connectivity index (χ3n) is 12.9. The Labute approximate surface area is 557 Å². The molecule has 98 heavy (non-hydrogen) atoms. The summed E-state index contributed by atoms with van der Waals surface area (Å²) in [6.07, 6.45) is 1.20. The van der Waals surface area contributed by atoms with Gasteiger partial charge in [-0.3, -0.25) is 51.6 Å². The van der Waals surface area contributed by atoms with Crippen molar-refractivity contribution in [3.05, 3.63) is 200 Å². The molecule has 6 heterocycles. The quantitative estimate of drug-likeness (QED) is 0.0237. The highest BCUT2D eigenvalue weighted by atomic mass is 32.2. The number of hydrogen-bond donors (Lipinski definition) is 9. The van der Waals surface area contributed by atoms with Gasteiger partial charge in [0.2, 0.25) is 20.0 Å². The molecule has 0 saturated heterocycles. The molecule has 2 aromatic carbocycles. The van der Waals surface area contributed by atoms with Crippen molar-refractivity contribution in [2.45, 2.75) is 54.2 Å². The Morgan fingerprint density at radius 3 is 1.26 bits per heavy atom. The molecule has 0 aliphatic carbocycles. The second kappa shape index (κ2) is 36.9. The van der Waals surface area contributed by atoms with Gasteiger partial charge in [0.15, 0.2) is 27.3 Å². The number of nitrogens with one attached hydrogen (secondary N) is 6. The normalized spacial score (nSPS) is 11.7. The highest BCUT2D eigenvalue weighted by Crippen LogP contribution is 2.18. The summed E-state index contributed by atoms with van der Waals surface area (Å²) < 4.78 is 106. The Balaban J connectivity index is 0.000000258. The van der Waals surface area contributed by atoms with Crippen molar-refractivity contribution >= 4 is 93.6 Å². The van der Waals surface area contributed by atoms with Crippen LogP contribution in [0, 0.1) is 0 Å². The van der Waals surface area contributed by atoms with Gasteiger partial charge in [-0.05, 0) is 98.6 Å². The highest BCUT2D eigenvalue weighted by molar-refractivity contribution is 7.89. The fourth-order valence-corrected chi connectivity index (χ4v) is 10.6. The van der Waals surface area contributed by atoms with Gasteiger partial charge in [-0.25, -0.2) is 26.4 Å². The molecule has 11 N–H and O–H groups in total. The molecule has 2 atom stereocenters. The van der Waals surface area contributed by atoms with Crippen LogP contribution < -0.4 is 72.4 Å². The minimum atomic E-state index is -5.19. The number of aromatic nitrogens is 3. The number of carboxylic acid groups (broad SMARTS) is 3. The van der Waals surface area contributed by atoms with Gasteiger partial charge in [0, 0.05) is 84.5 Å². The lowest BCUT2D eigenvalue weighted by Crippen LogP contribution is -2.50. The zero-order valence-corrected chi connectivity index (χ0v) is 53.4. The fourth-order valence-electron chi connectivity index (χ4n) is 8.15. The van der Waals surface area contributed by atoms with Gasteiger partial charge in [-0.1, -0.05) is 36.4 Å². The number of carbonyl (C=O) groups is 7. The average molecular weight is 1400 g/mol. The maximum Gasteiger partial charge on any atom is 0.430 e. The number of benzene rings is 2. The first kappa shape index (κ1) is 77.8. The molecule has 0 aliphatic heterocycles. The molecule has 0 spiro atoms. The van der Waals surface area contributed by atoms with Gasteiger partial charge in [-0.2, -0.15) is 17.9 Å². The SMILES string of the molecule is O=C([O-])C(F)(F)F.[B]C(=O)NCCCOc1ccc2cc(C(=O)NC[C@@H](C)NS(=O)(=O)c3ccccc3)cc(=O)n2c1.[B]C(=O)NCCCOc1ccc2cc(C(=O)O)cc(=O)n2c1.[NH3+]CCCOc1ccc2cc(C(=O)NC[C@H](NS(=O)(=O)c3ccccc3)C(=O)O)cc(=O)n2c1. The molecule has 8 rings (SSSR count). The number of fused-ring (bicyclic) bond motifs is 3. The Morgan fingerprint density at radius 2 is 0.898 bits per heavy atom. The summed E-state index contributed by atoms with van der Waals surface area (Å²) in [6, 6.07) is 30.6. The van der Waals surface area contributed by atoms with Crippen LogP contribution in [-0.4, -0.2) is 168 Å². The second-order valence-corrected chi connectivity index (χ2v) is 23.9. The van der Waals surface area contributed by atoms with E-state index in [4.69, 9.17) is 44.9 Å². The van der Waals surface area contributed by atoms with Crippen molar-refractivity contribution in [3.8, 4) is 17.2 Å². The van der Waals surface area contributed by atoms with Gasteiger partial charge >= 0.3 is 18.1 Å². The van der Waals surface area contributed by atoms with Gasteiger partial charge in [0.1, 0.15) is 29.3 Å². The lowest BCUT2D eigenvalue weighted by atomic mass is 10.1. The molecule has 0 bridgehead atoms. The molecular formula is C61H63B2F3N10O20S2. The predicted molar refractivity (Wildman–Crippen MR) is 344 cm³/mol. The van der Waals surface area contributed by atoms with E-state index in [2.05, 4.69) is 36.4 Å². The summed E-state index contributed by atoms with van der Waals surface area (Å²) >= 11 is 0. The smallest absolute Gasteiger partial charge is 0.430 e. The molecule has 516 valence electrons. The first-order valence-electron chi connectivity index (χ1n) is 29.0. The molecule has 30 nitrogen and oxygen atoms in total. The molecule has 6 aromatic heterocycles. The van der Waals surface area contributed by atoms with Crippen molar-refractivity contribution in [1.82, 2.24) is 43.9 Å². The number of aliphatic carboxylic acids is 2. The van der Waals surface area contributed by atoms with E-state index in [0.29, 0.717) is 79.6 Å². The molecular weight excluding hydrogens is 1340 g/mol. The van der Waals surface area contributed by atoms with Gasteiger partial charge in [0.25, 0.3) is 28.5 Å². The van der Waals surface area contributed by atoms with Crippen LogP contribution in [0.2, 0.25) is 0 Å². The van der Waals surface area contributed by atoms with Crippen molar-refractivity contribution in [1.29, 1.82) is 0 Å². The Hall–Kier alpha value is -10.9. The fraction of sp³-hybridized carbons (Fsp3) is 0.246. The first-order valence-corrected chi connectivity index (χ1v) is 31.9. The number of alkyl halides is 3. The van der Waals surface area contributed by atoms with E-state index < -0.39 is 103 Å². The third kappa shape index (κ3) is 25.0. The summed E-state index contributed by atoms with van der Waals surface area (Å²) in [4.78, 5) is 115. The number of sulfonamides is 2. The number of carbonyl (C=O) groups excluding carboxylic acids is 5. The lowest BCUT2D eigenvalue weighted by molar-refractivity contribution is -0.368. The van der Waals surface area contributed by atoms with E-state index in [9.17, 15) is 78.3 Å². The summed E-state index contributed by atoms with van der Waals surface area (Å²) in [5.74, 6) is -6.63. The molecule has 0 aliphatic rings. The summed E-state index contributed by atoms with van der Waals surface area (Å²) in [6.45, 7) is 3.73. The molecule has 0 unspecified atom stereocenters. The number of pyridine rings is 6. The van der Waals surface area contributed by atoms with Crippen LogP contribution in [0.25, 0.3) is 16.6 Å². The number of amides is 4. The topological polar surface area (TPSA) is 443 Å². The van der Waals surface area contributed by atoms with Crippen LogP contribution >= 0.6 is 0 Å². The van der Waals surface area contributed by atoms with Gasteiger partial charge in [0.05, 0.1) is 60.3 Å². The number of quaternary nitrogens is 1. The number of carboxylic acids is 3. The van der Waals surface area contributed by atoms with Crippen molar-refractivity contribution in [2.24, 2.45) is 0 Å². The standard InChI is InChI=1S/C23H25BN4O6S.C22H24N4O7S.C14H13BN2O5.C2HF3O2/c1-16(27-35(32,33)20-6-3-2-4-7-20)14-26-22(30)17-12-18-8-9-19(15-28(18)21(29)13-17)34-11-5-10-25-23(24)31;23-9-4-10-33-17-8-7-16-11-15(12-20(27)26(16)14-17)21(28)24-13-19(22(29)30)25-34(31,32)18-5-2-1-3-6-18;15-14(21)16-4-1-5-22-11-3-2-10-6-9(13(19)20)7-12(18)17(10)8-11;3-2(4,5)1(6)7/h2-4,6-9,12-13,15-16,27H,5,10-11,14H2,1H3,(H,25,31)(H,26,30);1-3,5-8,11-12,14,19,25H,4,9-10,13,23H2,(H,24,28)(H,29,30);2-3,6-8H,1,4-5H2,(H,16,21)(H,19,20);(H,6,7)/t16-;19-;;/m10../s1. The predicted octanol–water partition coefficient (Wildman–Crippen LogP) is 0.458. The second-order valence-electron chi connectivity index (χ2n) is 20.4. The molecule has 8 aromatic rings. The molecule has 4 amide bonds. The monoisotopic (exact) mass is 1400 g/mol. The van der Waals surface area contributed by atoms with Crippen LogP contribution in [-0.2, 0) is 29.6 Å². The van der Waals surface area contributed by atoms with Gasteiger partial charge < -0.3 is 61.3 Å². The van der Waals surface area contributed by atoms with Crippen molar-refractivity contribution in [2.75, 3.05) is 52.5 Å². The zero-order chi connectivity index (χ0) is 72.3. The molecule has 0 fully saturated rings. The zero-order valence-electron chi connectivity index (χ0n) is 51.8. The van der Waals surface area contributed by atoms with Crippen molar-refractivity contribution < 1.29 is 98.8 Å². The van der Waals surface area contributed by atoms with Crippen LogP contribution in [0.1, 0.15) is 57.3 Å². The number of hydrogen-bond acceptors (Lipinski definition) is 18. The summed E-state index contributed by atoms with van der Waals surface area (Å²) in [5.41, 5.74) is 3.86. The number of nitrogens with zero attached hydrogens (tertiary/aromatic N) is 3. The maximum atomic E-state index is 12.6. The number of rotatable bonds is 28. The number of halogens is 3. The lowest BCUT2D eigenvalue weighted by Gasteiger charge is -2.16. The number of ether oxygens (including phenoxy) is 3. The van der Waals surface area contributed by atoms with E-state index in [-0.39, 0.29) is 33.0 Å². The minimum absolute atomic E-state index is 0.00535. The van der Waals surface area contributed by atoms with E-state index in [1.165, 1.54) is 86.4 Å². The van der Waals surface area contributed by atoms with Crippen LogP contribution in [0.15, 0.2) is 176 Å². The van der Waals surface area contributed by atoms with E-state index >= 15 is 0 Å². The minimum Gasteiger partial charge on any atom is -0.542 e. The Bertz CT molecular complexity index is 4570. The van der Waals surface area contributed by atoms with Crippen LogP contribution in [0.3, 0.4) is 0 Å². The molecule has 37 heteroatoms. The molecule has 4 radical (unpaired) electrons. The van der Waals surface area contributed by atoms with E-state index in [1.807, 2.05) is 0 Å². The van der Waals surface area contributed by atoms with Crippen molar-refractivity contribution in [3.63, 3.8) is 0 Å². The molecule has 0 saturated carbocycles. The third-order valence-corrected chi connectivity index (χ3v) is 15.9. The first-order chi connectivity index (χ1) is 46.3. The average Bonchev–Trinajstić information content (AvgIpc) is 0.818. The van der Waals surface area contributed by atoms with E-state index in [0.717, 1.165) is 25.1 Å². The van der Waals surface area contributed by atoms with Crippen LogP contribution in [0.5, 0.6) is 17.2 Å². The van der Waals surface area contributed by atoms with E-state index in [1.54, 1.807) is 73.7 Å². The summed E-state index contributed by atoms with van der Waals surface area (Å²) in [7, 11) is 2.09.